The van der Waals surface area contributed by atoms with E-state index < -0.39 is 0 Å². The van der Waals surface area contributed by atoms with E-state index in [4.69, 9.17) is 22.2 Å². The van der Waals surface area contributed by atoms with E-state index in [0.29, 0.717) is 17.1 Å². The maximum Gasteiger partial charge on any atom is 0.265 e. The van der Waals surface area contributed by atoms with E-state index in [0.717, 1.165) is 16.3 Å². The number of oxime groups is 1. The Bertz CT molecular complexity index is 730. The molecule has 0 bridgehead atoms. The van der Waals surface area contributed by atoms with Gasteiger partial charge in [0.25, 0.3) is 5.91 Å². The van der Waals surface area contributed by atoms with E-state index in [1.165, 1.54) is 0 Å². The van der Waals surface area contributed by atoms with Gasteiger partial charge in [-0.05, 0) is 37.6 Å². The van der Waals surface area contributed by atoms with E-state index in [9.17, 15) is 4.79 Å². The maximum absolute atomic E-state index is 11.8. The van der Waals surface area contributed by atoms with Crippen molar-refractivity contribution in [1.29, 1.82) is 0 Å². The van der Waals surface area contributed by atoms with Gasteiger partial charge in [0.2, 0.25) is 0 Å². The summed E-state index contributed by atoms with van der Waals surface area (Å²) < 4.78 is 0. The second kappa shape index (κ2) is 7.94. The van der Waals surface area contributed by atoms with E-state index >= 15 is 0 Å². The van der Waals surface area contributed by atoms with Gasteiger partial charge in [0.15, 0.2) is 6.61 Å². The van der Waals surface area contributed by atoms with Crippen molar-refractivity contribution in [1.82, 2.24) is 4.98 Å². The number of thiazole rings is 1. The van der Waals surface area contributed by atoms with E-state index in [1.54, 1.807) is 29.5 Å². The van der Waals surface area contributed by atoms with Crippen molar-refractivity contribution >= 4 is 40.4 Å². The van der Waals surface area contributed by atoms with Crippen LogP contribution in [0.3, 0.4) is 0 Å². The van der Waals surface area contributed by atoms with Crippen molar-refractivity contribution in [2.45, 2.75) is 20.3 Å². The molecule has 6 nitrogen and oxygen atoms in total. The van der Waals surface area contributed by atoms with Crippen molar-refractivity contribution in [3.63, 3.8) is 0 Å². The number of benzene rings is 1. The summed E-state index contributed by atoms with van der Waals surface area (Å²) in [6, 6.07) is 5.21. The lowest BCUT2D eigenvalue weighted by Crippen LogP contribution is -2.20. The lowest BCUT2D eigenvalue weighted by Gasteiger charge is -2.08. The highest BCUT2D eigenvalue weighted by molar-refractivity contribution is 7.09. The minimum Gasteiger partial charge on any atom is -0.384 e. The number of anilines is 1. The fourth-order valence-electron chi connectivity index (χ4n) is 1.83. The number of aryl methyl sites for hydroxylation is 2. The van der Waals surface area contributed by atoms with Crippen LogP contribution in [0.25, 0.3) is 0 Å². The van der Waals surface area contributed by atoms with E-state index in [1.807, 2.05) is 19.2 Å². The lowest BCUT2D eigenvalue weighted by molar-refractivity contribution is -0.120. The standard InChI is InChI=1S/C15H17ClN4O2S/c1-9-5-11(16)3-4-13(9)19-15(21)7-22-20-14(17)6-12-8-23-10(2)18-12/h3-5,8H,6-7H2,1-2H3,(H2,17,20)(H,19,21). The molecule has 0 saturated carbocycles. The Balaban J connectivity index is 1.80. The second-order valence-corrected chi connectivity index (χ2v) is 6.40. The first-order valence-corrected chi connectivity index (χ1v) is 8.11. The minimum absolute atomic E-state index is 0.223. The average Bonchev–Trinajstić information content (AvgIpc) is 2.87. The van der Waals surface area contributed by atoms with Crippen molar-refractivity contribution in [2.75, 3.05) is 11.9 Å². The monoisotopic (exact) mass is 352 g/mol. The topological polar surface area (TPSA) is 89.6 Å². The molecular formula is C15H17ClN4O2S. The molecule has 0 fully saturated rings. The van der Waals surface area contributed by atoms with Crippen molar-refractivity contribution in [3.8, 4) is 0 Å². The molecule has 2 rings (SSSR count). The van der Waals surface area contributed by atoms with Gasteiger partial charge in [-0.25, -0.2) is 4.98 Å². The zero-order valence-electron chi connectivity index (χ0n) is 12.8. The summed E-state index contributed by atoms with van der Waals surface area (Å²) in [6.07, 6.45) is 0.391. The Kier molecular flexibility index (Phi) is 5.95. The molecule has 122 valence electrons. The smallest absolute Gasteiger partial charge is 0.265 e. The van der Waals surface area contributed by atoms with Crippen molar-refractivity contribution < 1.29 is 9.63 Å². The van der Waals surface area contributed by atoms with Gasteiger partial charge in [-0.15, -0.1) is 11.3 Å². The maximum atomic E-state index is 11.8. The number of nitrogens with one attached hydrogen (secondary N) is 1. The molecule has 0 aliphatic heterocycles. The predicted octanol–water partition coefficient (Wildman–Crippen LogP) is 2.88. The Morgan fingerprint density at radius 1 is 1.48 bits per heavy atom. The van der Waals surface area contributed by atoms with Gasteiger partial charge >= 0.3 is 0 Å². The van der Waals surface area contributed by atoms with Crippen LogP contribution in [0, 0.1) is 13.8 Å². The molecule has 0 aliphatic carbocycles. The first-order chi connectivity index (χ1) is 10.9. The Hall–Kier alpha value is -2.12. The van der Waals surface area contributed by atoms with Crippen LogP contribution < -0.4 is 11.1 Å². The molecule has 3 N–H and O–H groups in total. The quantitative estimate of drug-likeness (QED) is 0.475. The molecule has 0 saturated heterocycles. The van der Waals surface area contributed by atoms with Crippen LogP contribution in [0.2, 0.25) is 5.02 Å². The zero-order chi connectivity index (χ0) is 16.8. The number of aromatic nitrogens is 1. The van der Waals surface area contributed by atoms with E-state index in [2.05, 4.69) is 15.5 Å². The zero-order valence-corrected chi connectivity index (χ0v) is 14.4. The number of amides is 1. The first-order valence-electron chi connectivity index (χ1n) is 6.85. The molecule has 1 aromatic heterocycles. The molecule has 23 heavy (non-hydrogen) atoms. The largest absolute Gasteiger partial charge is 0.384 e. The molecule has 1 heterocycles. The summed E-state index contributed by atoms with van der Waals surface area (Å²) in [4.78, 5) is 21.1. The number of hydrogen-bond donors (Lipinski definition) is 2. The number of nitrogens with zero attached hydrogens (tertiary/aromatic N) is 2. The molecule has 8 heteroatoms. The lowest BCUT2D eigenvalue weighted by atomic mass is 10.2. The van der Waals surface area contributed by atoms with Crippen LogP contribution in [0.1, 0.15) is 16.3 Å². The number of halogens is 1. The molecule has 0 radical (unpaired) electrons. The molecule has 0 unspecified atom stereocenters. The summed E-state index contributed by atoms with van der Waals surface area (Å²) >= 11 is 7.41. The van der Waals surface area contributed by atoms with Gasteiger partial charge in [0.1, 0.15) is 5.84 Å². The Labute approximate surface area is 143 Å². The van der Waals surface area contributed by atoms with Crippen molar-refractivity contribution in [2.24, 2.45) is 10.9 Å². The molecule has 1 aromatic carbocycles. The van der Waals surface area contributed by atoms with Gasteiger partial charge in [-0.3, -0.25) is 4.79 Å². The third-order valence-electron chi connectivity index (χ3n) is 2.87. The third-order valence-corrected chi connectivity index (χ3v) is 3.93. The second-order valence-electron chi connectivity index (χ2n) is 4.90. The van der Waals surface area contributed by atoms with Crippen LogP contribution >= 0.6 is 22.9 Å². The molecular weight excluding hydrogens is 336 g/mol. The number of carbonyl (C=O) groups is 1. The van der Waals surface area contributed by atoms with Gasteiger partial charge in [-0.1, -0.05) is 16.8 Å². The van der Waals surface area contributed by atoms with Gasteiger partial charge < -0.3 is 15.9 Å². The number of amidine groups is 1. The van der Waals surface area contributed by atoms with Crippen LogP contribution in [-0.4, -0.2) is 23.3 Å². The minimum atomic E-state index is -0.323. The highest BCUT2D eigenvalue weighted by Gasteiger charge is 2.06. The van der Waals surface area contributed by atoms with E-state index in [-0.39, 0.29) is 18.3 Å². The summed E-state index contributed by atoms with van der Waals surface area (Å²) in [6.45, 7) is 3.55. The molecule has 0 atom stereocenters. The Morgan fingerprint density at radius 3 is 2.91 bits per heavy atom. The summed E-state index contributed by atoms with van der Waals surface area (Å²) in [7, 11) is 0. The van der Waals surface area contributed by atoms with Gasteiger partial charge in [-0.2, -0.15) is 0 Å². The molecule has 0 aliphatic rings. The SMILES string of the molecule is Cc1nc(CC(N)=NOCC(=O)Nc2ccc(Cl)cc2C)cs1. The van der Waals surface area contributed by atoms with Crippen LogP contribution in [-0.2, 0) is 16.1 Å². The van der Waals surface area contributed by atoms with Crippen LogP contribution in [0.15, 0.2) is 28.7 Å². The molecule has 1 amide bonds. The fraction of sp³-hybridized carbons (Fsp3) is 0.267. The summed E-state index contributed by atoms with van der Waals surface area (Å²) in [5, 5.41) is 9.94. The highest BCUT2D eigenvalue weighted by Crippen LogP contribution is 2.19. The fourth-order valence-corrected chi connectivity index (χ4v) is 2.67. The highest BCUT2D eigenvalue weighted by atomic mass is 35.5. The van der Waals surface area contributed by atoms with Crippen LogP contribution in [0.4, 0.5) is 5.69 Å². The average molecular weight is 353 g/mol. The van der Waals surface area contributed by atoms with Crippen molar-refractivity contribution in [3.05, 3.63) is 44.9 Å². The normalized spacial score (nSPS) is 11.3. The number of nitrogens with two attached hydrogens (primary N) is 1. The molecule has 2 aromatic rings. The van der Waals surface area contributed by atoms with Crippen LogP contribution in [0.5, 0.6) is 0 Å². The molecule has 0 spiro atoms. The number of rotatable bonds is 6. The Morgan fingerprint density at radius 2 is 2.26 bits per heavy atom. The predicted molar refractivity (Wildman–Crippen MR) is 92.9 cm³/mol. The number of hydrogen-bond acceptors (Lipinski definition) is 5. The van der Waals surface area contributed by atoms with Gasteiger partial charge in [0, 0.05) is 16.1 Å². The number of carbonyl (C=O) groups excluding carboxylic acids is 1. The summed E-state index contributed by atoms with van der Waals surface area (Å²) in [5.74, 6) is -0.0535. The summed E-state index contributed by atoms with van der Waals surface area (Å²) in [5.41, 5.74) is 8.12. The third kappa shape index (κ3) is 5.54. The van der Waals surface area contributed by atoms with Gasteiger partial charge in [0.05, 0.1) is 17.1 Å². The first kappa shape index (κ1) is 17.2.